The zero-order valence-electron chi connectivity index (χ0n) is 6.50. The van der Waals surface area contributed by atoms with Gasteiger partial charge in [-0.25, -0.2) is 4.39 Å². The standard InChI is InChI=1S/C7H12FN3/c1-2-11-4-3-7(10-11)6(8)5-9/h3-4,6H,2,5,9H2,1H3. The molecule has 2 N–H and O–H groups in total. The van der Waals surface area contributed by atoms with Crippen LogP contribution in [0.3, 0.4) is 0 Å². The lowest BCUT2D eigenvalue weighted by atomic mass is 10.3. The van der Waals surface area contributed by atoms with Gasteiger partial charge in [0.25, 0.3) is 0 Å². The monoisotopic (exact) mass is 157 g/mol. The van der Waals surface area contributed by atoms with Crippen molar-refractivity contribution in [2.45, 2.75) is 19.6 Å². The van der Waals surface area contributed by atoms with E-state index in [0.717, 1.165) is 6.54 Å². The molecule has 1 aromatic heterocycles. The van der Waals surface area contributed by atoms with Crippen LogP contribution in [0.5, 0.6) is 0 Å². The van der Waals surface area contributed by atoms with Crippen molar-refractivity contribution < 1.29 is 4.39 Å². The van der Waals surface area contributed by atoms with Crippen molar-refractivity contribution in [2.75, 3.05) is 6.54 Å². The minimum Gasteiger partial charge on any atom is -0.327 e. The Kier molecular flexibility index (Phi) is 2.59. The second-order valence-electron chi connectivity index (χ2n) is 2.30. The summed E-state index contributed by atoms with van der Waals surface area (Å²) in [6.07, 6.45) is 0.625. The van der Waals surface area contributed by atoms with Crippen molar-refractivity contribution in [1.29, 1.82) is 0 Å². The molecule has 1 atom stereocenters. The van der Waals surface area contributed by atoms with Gasteiger partial charge in [0.1, 0.15) is 0 Å². The summed E-state index contributed by atoms with van der Waals surface area (Å²) in [5.41, 5.74) is 5.56. The number of rotatable bonds is 3. The molecule has 62 valence electrons. The van der Waals surface area contributed by atoms with E-state index < -0.39 is 6.17 Å². The van der Waals surface area contributed by atoms with Gasteiger partial charge in [-0.05, 0) is 13.0 Å². The zero-order valence-corrected chi connectivity index (χ0v) is 6.50. The van der Waals surface area contributed by atoms with Gasteiger partial charge < -0.3 is 5.73 Å². The molecule has 0 fully saturated rings. The third-order valence-corrected chi connectivity index (χ3v) is 1.51. The third kappa shape index (κ3) is 1.77. The lowest BCUT2D eigenvalue weighted by Crippen LogP contribution is -2.08. The minimum atomic E-state index is -1.12. The van der Waals surface area contributed by atoms with Crippen molar-refractivity contribution >= 4 is 0 Å². The number of aromatic nitrogens is 2. The molecule has 0 aliphatic rings. The molecule has 1 aromatic rings. The molecule has 0 aliphatic heterocycles. The van der Waals surface area contributed by atoms with Crippen LogP contribution in [-0.4, -0.2) is 16.3 Å². The van der Waals surface area contributed by atoms with E-state index in [-0.39, 0.29) is 6.54 Å². The van der Waals surface area contributed by atoms with Crippen LogP contribution in [0.25, 0.3) is 0 Å². The maximum absolute atomic E-state index is 12.8. The lowest BCUT2D eigenvalue weighted by Gasteiger charge is -1.98. The number of hydrogen-bond donors (Lipinski definition) is 1. The molecular weight excluding hydrogens is 145 g/mol. The smallest absolute Gasteiger partial charge is 0.156 e. The van der Waals surface area contributed by atoms with E-state index in [1.165, 1.54) is 0 Å². The summed E-state index contributed by atoms with van der Waals surface area (Å²) >= 11 is 0. The molecule has 0 saturated carbocycles. The fraction of sp³-hybridized carbons (Fsp3) is 0.571. The van der Waals surface area contributed by atoms with E-state index in [9.17, 15) is 4.39 Å². The van der Waals surface area contributed by atoms with Gasteiger partial charge in [0, 0.05) is 19.3 Å². The summed E-state index contributed by atoms with van der Waals surface area (Å²) in [4.78, 5) is 0. The van der Waals surface area contributed by atoms with E-state index in [0.29, 0.717) is 5.69 Å². The number of alkyl halides is 1. The van der Waals surface area contributed by atoms with Crippen molar-refractivity contribution in [3.63, 3.8) is 0 Å². The molecule has 0 bridgehead atoms. The van der Waals surface area contributed by atoms with Crippen LogP contribution in [0.4, 0.5) is 4.39 Å². The van der Waals surface area contributed by atoms with Crippen LogP contribution in [-0.2, 0) is 6.54 Å². The van der Waals surface area contributed by atoms with Gasteiger partial charge in [0.05, 0.1) is 5.69 Å². The Bertz CT molecular complexity index is 221. The van der Waals surface area contributed by atoms with Gasteiger partial charge in [-0.3, -0.25) is 4.68 Å². The summed E-state index contributed by atoms with van der Waals surface area (Å²) in [5.74, 6) is 0. The average Bonchev–Trinajstić information content (AvgIpc) is 2.50. The molecule has 11 heavy (non-hydrogen) atoms. The predicted octanol–water partition coefficient (Wildman–Crippen LogP) is 0.872. The predicted molar refractivity (Wildman–Crippen MR) is 40.8 cm³/mol. The third-order valence-electron chi connectivity index (χ3n) is 1.51. The summed E-state index contributed by atoms with van der Waals surface area (Å²) in [6, 6.07) is 1.65. The molecule has 4 heteroatoms. The summed E-state index contributed by atoms with van der Waals surface area (Å²) in [6.45, 7) is 2.71. The number of halogens is 1. The Hall–Kier alpha value is -0.900. The molecule has 0 saturated heterocycles. The van der Waals surface area contributed by atoms with E-state index in [1.807, 2.05) is 6.92 Å². The molecule has 0 aliphatic carbocycles. The molecule has 1 heterocycles. The van der Waals surface area contributed by atoms with Crippen molar-refractivity contribution in [3.8, 4) is 0 Å². The molecule has 1 rings (SSSR count). The molecule has 0 amide bonds. The van der Waals surface area contributed by atoms with Crippen molar-refractivity contribution in [3.05, 3.63) is 18.0 Å². The van der Waals surface area contributed by atoms with Gasteiger partial charge in [0.2, 0.25) is 0 Å². The van der Waals surface area contributed by atoms with Gasteiger partial charge in [-0.1, -0.05) is 0 Å². The van der Waals surface area contributed by atoms with E-state index in [2.05, 4.69) is 5.10 Å². The Morgan fingerprint density at radius 1 is 1.82 bits per heavy atom. The van der Waals surface area contributed by atoms with Crippen LogP contribution in [0.15, 0.2) is 12.3 Å². The molecule has 0 aromatic carbocycles. The first-order chi connectivity index (χ1) is 5.27. The van der Waals surface area contributed by atoms with Crippen LogP contribution < -0.4 is 5.73 Å². The van der Waals surface area contributed by atoms with E-state index in [1.54, 1.807) is 16.9 Å². The molecule has 0 radical (unpaired) electrons. The van der Waals surface area contributed by atoms with E-state index >= 15 is 0 Å². The molecular formula is C7H12FN3. The maximum atomic E-state index is 12.8. The second-order valence-corrected chi connectivity index (χ2v) is 2.30. The van der Waals surface area contributed by atoms with Crippen LogP contribution >= 0.6 is 0 Å². The molecule has 3 nitrogen and oxygen atoms in total. The van der Waals surface area contributed by atoms with E-state index in [4.69, 9.17) is 5.73 Å². The Labute approximate surface area is 65.0 Å². The largest absolute Gasteiger partial charge is 0.327 e. The summed E-state index contributed by atoms with van der Waals surface area (Å²) in [5, 5.41) is 3.96. The number of nitrogens with two attached hydrogens (primary N) is 1. The van der Waals surface area contributed by atoms with Crippen LogP contribution in [0, 0.1) is 0 Å². The summed E-state index contributed by atoms with van der Waals surface area (Å²) in [7, 11) is 0. The first-order valence-corrected chi connectivity index (χ1v) is 3.65. The Balaban J connectivity index is 2.71. The number of hydrogen-bond acceptors (Lipinski definition) is 2. The maximum Gasteiger partial charge on any atom is 0.156 e. The highest BCUT2D eigenvalue weighted by molar-refractivity contribution is 5.03. The van der Waals surface area contributed by atoms with Crippen LogP contribution in [0.2, 0.25) is 0 Å². The highest BCUT2D eigenvalue weighted by Gasteiger charge is 2.09. The van der Waals surface area contributed by atoms with Crippen molar-refractivity contribution in [2.24, 2.45) is 5.73 Å². The highest BCUT2D eigenvalue weighted by atomic mass is 19.1. The lowest BCUT2D eigenvalue weighted by molar-refractivity contribution is 0.341. The molecule has 1 unspecified atom stereocenters. The summed E-state index contributed by atoms with van der Waals surface area (Å²) < 4.78 is 14.5. The second kappa shape index (κ2) is 3.48. The first kappa shape index (κ1) is 8.20. The van der Waals surface area contributed by atoms with Gasteiger partial charge >= 0.3 is 0 Å². The minimum absolute atomic E-state index is 0.000722. The van der Waals surface area contributed by atoms with Gasteiger partial charge in [0.15, 0.2) is 6.17 Å². The van der Waals surface area contributed by atoms with Gasteiger partial charge in [-0.2, -0.15) is 5.10 Å². The number of aryl methyl sites for hydroxylation is 1. The van der Waals surface area contributed by atoms with Crippen LogP contribution in [0.1, 0.15) is 18.8 Å². The Morgan fingerprint density at radius 3 is 3.00 bits per heavy atom. The first-order valence-electron chi connectivity index (χ1n) is 3.65. The van der Waals surface area contributed by atoms with Gasteiger partial charge in [-0.15, -0.1) is 0 Å². The van der Waals surface area contributed by atoms with Crippen molar-refractivity contribution in [1.82, 2.24) is 9.78 Å². The normalized spacial score (nSPS) is 13.4. The molecule has 0 spiro atoms. The Morgan fingerprint density at radius 2 is 2.55 bits per heavy atom. The highest BCUT2D eigenvalue weighted by Crippen LogP contribution is 2.12. The SMILES string of the molecule is CCn1ccc(C(F)CN)n1. The fourth-order valence-electron chi connectivity index (χ4n) is 0.841. The average molecular weight is 157 g/mol. The fourth-order valence-corrected chi connectivity index (χ4v) is 0.841. The quantitative estimate of drug-likeness (QED) is 0.707. The topological polar surface area (TPSA) is 43.8 Å². The zero-order chi connectivity index (χ0) is 8.27. The number of nitrogens with zero attached hydrogens (tertiary/aromatic N) is 2.